The molecular formula is C17H26N2O4S2. The van der Waals surface area contributed by atoms with Gasteiger partial charge in [-0.3, -0.25) is 0 Å². The van der Waals surface area contributed by atoms with E-state index in [-0.39, 0.29) is 9.77 Å². The number of carbonyl (C=O) groups is 1. The minimum absolute atomic E-state index is 0.0623. The molecule has 1 aromatic rings. The quantitative estimate of drug-likeness (QED) is 0.842. The van der Waals surface area contributed by atoms with E-state index < -0.39 is 16.0 Å². The van der Waals surface area contributed by atoms with Gasteiger partial charge in [-0.25, -0.2) is 13.2 Å². The first kappa shape index (κ1) is 18.8. The lowest BCUT2D eigenvalue weighted by atomic mass is 9.89. The summed E-state index contributed by atoms with van der Waals surface area (Å²) in [5.41, 5.74) is 0. The fourth-order valence-electron chi connectivity index (χ4n) is 3.82. The highest BCUT2D eigenvalue weighted by molar-refractivity contribution is 7.89. The molecule has 2 aliphatic rings. The third kappa shape index (κ3) is 4.61. The second-order valence-electron chi connectivity index (χ2n) is 7.01. The molecule has 1 N–H and O–H groups in total. The van der Waals surface area contributed by atoms with Crippen LogP contribution in [0.4, 0.5) is 0 Å². The first-order valence-corrected chi connectivity index (χ1v) is 11.3. The molecule has 1 aliphatic heterocycles. The minimum Gasteiger partial charge on any atom is -0.477 e. The Balaban J connectivity index is 1.62. The number of aromatic carboxylic acids is 1. The van der Waals surface area contributed by atoms with E-state index in [2.05, 4.69) is 4.90 Å². The molecule has 6 nitrogen and oxygen atoms in total. The van der Waals surface area contributed by atoms with Gasteiger partial charge in [0.05, 0.1) is 4.90 Å². The van der Waals surface area contributed by atoms with Crippen LogP contribution in [0.1, 0.15) is 48.2 Å². The molecule has 0 spiro atoms. The predicted octanol–water partition coefficient (Wildman–Crippen LogP) is 2.72. The van der Waals surface area contributed by atoms with Crippen LogP contribution in [-0.4, -0.2) is 61.4 Å². The van der Waals surface area contributed by atoms with E-state index in [1.54, 1.807) is 0 Å². The highest BCUT2D eigenvalue weighted by Crippen LogP contribution is 2.26. The number of nitrogens with zero attached hydrogens (tertiary/aromatic N) is 2. The Bertz CT molecular complexity index is 695. The van der Waals surface area contributed by atoms with Gasteiger partial charge in [-0.1, -0.05) is 19.3 Å². The summed E-state index contributed by atoms with van der Waals surface area (Å²) in [5.74, 6) is -0.326. The zero-order chi connectivity index (χ0) is 17.9. The smallest absolute Gasteiger partial charge is 0.345 e. The van der Waals surface area contributed by atoms with Crippen molar-refractivity contribution < 1.29 is 18.3 Å². The molecule has 3 rings (SSSR count). The van der Waals surface area contributed by atoms with Crippen molar-refractivity contribution in [2.24, 2.45) is 5.92 Å². The first-order chi connectivity index (χ1) is 12.0. The second-order valence-corrected chi connectivity index (χ2v) is 9.86. The fourth-order valence-corrected chi connectivity index (χ4v) is 6.39. The molecule has 2 heterocycles. The van der Waals surface area contributed by atoms with Crippen LogP contribution in [0.3, 0.4) is 0 Å². The molecule has 1 saturated carbocycles. The zero-order valence-corrected chi connectivity index (χ0v) is 16.0. The maximum atomic E-state index is 12.8. The number of carboxylic acid groups (broad SMARTS) is 1. The van der Waals surface area contributed by atoms with Crippen LogP contribution in [0.5, 0.6) is 0 Å². The summed E-state index contributed by atoms with van der Waals surface area (Å²) >= 11 is 0.962. The highest BCUT2D eigenvalue weighted by Gasteiger charge is 2.29. The number of hydrogen-bond acceptors (Lipinski definition) is 5. The van der Waals surface area contributed by atoms with E-state index in [0.29, 0.717) is 13.1 Å². The molecule has 140 valence electrons. The van der Waals surface area contributed by atoms with Gasteiger partial charge in [-0.2, -0.15) is 4.31 Å². The van der Waals surface area contributed by atoms with Gasteiger partial charge in [0.15, 0.2) is 0 Å². The van der Waals surface area contributed by atoms with Crippen molar-refractivity contribution in [2.45, 2.75) is 43.4 Å². The molecule has 2 fully saturated rings. The summed E-state index contributed by atoms with van der Waals surface area (Å²) in [6.07, 6.45) is 7.41. The molecule has 8 heteroatoms. The number of rotatable bonds is 5. The molecular weight excluding hydrogens is 360 g/mol. The first-order valence-electron chi connectivity index (χ1n) is 9.01. The van der Waals surface area contributed by atoms with Crippen LogP contribution in [0, 0.1) is 5.92 Å². The summed E-state index contributed by atoms with van der Waals surface area (Å²) in [6.45, 7) is 3.75. The van der Waals surface area contributed by atoms with Crippen molar-refractivity contribution in [1.82, 2.24) is 9.21 Å². The summed E-state index contributed by atoms with van der Waals surface area (Å²) < 4.78 is 27.1. The summed E-state index contributed by atoms with van der Waals surface area (Å²) in [7, 11) is -3.60. The van der Waals surface area contributed by atoms with Gasteiger partial charge in [-0.15, -0.1) is 11.3 Å². The van der Waals surface area contributed by atoms with Gasteiger partial charge in [0.25, 0.3) is 0 Å². The van der Waals surface area contributed by atoms with Crippen molar-refractivity contribution in [2.75, 3.05) is 32.7 Å². The molecule has 0 unspecified atom stereocenters. The molecule has 0 bridgehead atoms. The van der Waals surface area contributed by atoms with Crippen LogP contribution >= 0.6 is 11.3 Å². The molecule has 0 aromatic carbocycles. The van der Waals surface area contributed by atoms with Crippen LogP contribution < -0.4 is 0 Å². The van der Waals surface area contributed by atoms with Gasteiger partial charge < -0.3 is 10.0 Å². The Hall–Kier alpha value is -0.960. The van der Waals surface area contributed by atoms with Crippen molar-refractivity contribution in [3.8, 4) is 0 Å². The number of thiophene rings is 1. The Morgan fingerprint density at radius 3 is 2.56 bits per heavy atom. The van der Waals surface area contributed by atoms with Crippen molar-refractivity contribution in [3.05, 3.63) is 16.3 Å². The molecule has 1 aromatic heterocycles. The topological polar surface area (TPSA) is 77.9 Å². The zero-order valence-electron chi connectivity index (χ0n) is 14.4. The van der Waals surface area contributed by atoms with E-state index >= 15 is 0 Å². The van der Waals surface area contributed by atoms with E-state index in [9.17, 15) is 13.2 Å². The maximum Gasteiger partial charge on any atom is 0.345 e. The van der Waals surface area contributed by atoms with Crippen molar-refractivity contribution in [1.29, 1.82) is 0 Å². The van der Waals surface area contributed by atoms with Gasteiger partial charge in [0, 0.05) is 31.6 Å². The highest BCUT2D eigenvalue weighted by atomic mass is 32.2. The standard InChI is InChI=1S/C17H26N2O4S2/c20-17(21)16-11-15(13-24-16)25(22,23)19-8-4-7-18(9-10-19)12-14-5-2-1-3-6-14/h11,13-14H,1-10,12H2,(H,20,21). The van der Waals surface area contributed by atoms with Crippen LogP contribution in [0.25, 0.3) is 0 Å². The van der Waals surface area contributed by atoms with Crippen LogP contribution in [-0.2, 0) is 10.0 Å². The third-order valence-corrected chi connectivity index (χ3v) is 8.16. The number of hydrogen-bond donors (Lipinski definition) is 1. The van der Waals surface area contributed by atoms with Crippen LogP contribution in [0.2, 0.25) is 0 Å². The maximum absolute atomic E-state index is 12.8. The monoisotopic (exact) mass is 386 g/mol. The second kappa shape index (κ2) is 8.16. The Labute approximate surface area is 153 Å². The number of sulfonamides is 1. The van der Waals surface area contributed by atoms with Crippen LogP contribution in [0.15, 0.2) is 16.3 Å². The molecule has 0 atom stereocenters. The van der Waals surface area contributed by atoms with Crippen molar-refractivity contribution in [3.63, 3.8) is 0 Å². The Morgan fingerprint density at radius 1 is 1.12 bits per heavy atom. The third-order valence-electron chi connectivity index (χ3n) is 5.21. The average molecular weight is 387 g/mol. The molecule has 0 radical (unpaired) electrons. The normalized spacial score (nSPS) is 21.9. The summed E-state index contributed by atoms with van der Waals surface area (Å²) in [4.78, 5) is 13.6. The van der Waals surface area contributed by atoms with E-state index in [0.717, 1.165) is 43.3 Å². The molecule has 25 heavy (non-hydrogen) atoms. The summed E-state index contributed by atoms with van der Waals surface area (Å²) in [6, 6.07) is 1.27. The average Bonchev–Trinajstić information content (AvgIpc) is 2.98. The minimum atomic E-state index is -3.60. The van der Waals surface area contributed by atoms with E-state index in [1.807, 2.05) is 0 Å². The SMILES string of the molecule is O=C(O)c1cc(S(=O)(=O)N2CCCN(CC3CCCCC3)CC2)cs1. The largest absolute Gasteiger partial charge is 0.477 e. The van der Waals surface area contributed by atoms with Crippen molar-refractivity contribution >= 4 is 27.3 Å². The van der Waals surface area contributed by atoms with Gasteiger partial charge in [-0.05, 0) is 37.8 Å². The van der Waals surface area contributed by atoms with E-state index in [1.165, 1.54) is 47.9 Å². The summed E-state index contributed by atoms with van der Waals surface area (Å²) in [5, 5.41) is 10.4. The Morgan fingerprint density at radius 2 is 1.88 bits per heavy atom. The number of carboxylic acids is 1. The van der Waals surface area contributed by atoms with Gasteiger partial charge >= 0.3 is 5.97 Å². The lowest BCUT2D eigenvalue weighted by molar-refractivity contribution is 0.0702. The molecule has 1 saturated heterocycles. The van der Waals surface area contributed by atoms with E-state index in [4.69, 9.17) is 5.11 Å². The fraction of sp³-hybridized carbons (Fsp3) is 0.706. The molecule has 1 aliphatic carbocycles. The van der Waals surface area contributed by atoms with Gasteiger partial charge in [0.1, 0.15) is 4.88 Å². The molecule has 0 amide bonds. The lowest BCUT2D eigenvalue weighted by Crippen LogP contribution is -2.36. The Kier molecular flexibility index (Phi) is 6.14. The predicted molar refractivity (Wildman–Crippen MR) is 97.7 cm³/mol. The lowest BCUT2D eigenvalue weighted by Gasteiger charge is -2.28. The van der Waals surface area contributed by atoms with Gasteiger partial charge in [0.2, 0.25) is 10.0 Å².